The summed E-state index contributed by atoms with van der Waals surface area (Å²) in [5.41, 5.74) is 0.693. The first kappa shape index (κ1) is 33.5. The summed E-state index contributed by atoms with van der Waals surface area (Å²) in [5.74, 6) is -5.44. The molecule has 5 rings (SSSR count). The van der Waals surface area contributed by atoms with Crippen molar-refractivity contribution < 1.29 is 32.3 Å². The van der Waals surface area contributed by atoms with Crippen molar-refractivity contribution in [2.45, 2.75) is 62.6 Å². The number of urea groups is 1. The highest BCUT2D eigenvalue weighted by Gasteiger charge is 2.52. The Morgan fingerprint density at radius 1 is 1.17 bits per heavy atom. The molecule has 47 heavy (non-hydrogen) atoms. The predicted octanol–water partition coefficient (Wildman–Crippen LogP) is 6.47. The maximum Gasteiger partial charge on any atom is 0.418 e. The van der Waals surface area contributed by atoms with Crippen LogP contribution in [0.2, 0.25) is 5.02 Å². The Hall–Kier alpha value is -4.83. The third-order valence-corrected chi connectivity index (χ3v) is 8.44. The van der Waals surface area contributed by atoms with E-state index >= 15 is 0 Å². The van der Waals surface area contributed by atoms with Gasteiger partial charge in [0.15, 0.2) is 0 Å². The first-order valence-corrected chi connectivity index (χ1v) is 15.5. The number of benzene rings is 2. The predicted molar refractivity (Wildman–Crippen MR) is 168 cm³/mol. The lowest BCUT2D eigenvalue weighted by Crippen LogP contribution is -2.56. The van der Waals surface area contributed by atoms with Crippen molar-refractivity contribution in [3.63, 3.8) is 0 Å². The van der Waals surface area contributed by atoms with E-state index in [-0.39, 0.29) is 35.2 Å². The number of nitrogens with one attached hydrogen (secondary N) is 2. The molecule has 2 N–H and O–H groups in total. The van der Waals surface area contributed by atoms with E-state index in [1.54, 1.807) is 30.3 Å². The summed E-state index contributed by atoms with van der Waals surface area (Å²) >= 11 is 6.64. The number of carbonyl (C=O) groups is 3. The van der Waals surface area contributed by atoms with Crippen molar-refractivity contribution in [3.05, 3.63) is 88.8 Å². The summed E-state index contributed by atoms with van der Waals surface area (Å²) in [7, 11) is 0. The topological polar surface area (TPSA) is 128 Å². The Balaban J connectivity index is 1.64. The van der Waals surface area contributed by atoms with E-state index in [0.717, 1.165) is 11.3 Å². The maximum atomic E-state index is 14.5. The molecule has 0 spiro atoms. The molecule has 1 aliphatic carbocycles. The van der Waals surface area contributed by atoms with E-state index in [1.165, 1.54) is 41.4 Å². The fraction of sp³-hybridized carbons (Fsp3) is 0.364. The van der Waals surface area contributed by atoms with Crippen LogP contribution in [0.3, 0.4) is 0 Å². The summed E-state index contributed by atoms with van der Waals surface area (Å²) in [6.07, 6.45) is 0.600. The van der Waals surface area contributed by atoms with Crippen LogP contribution in [-0.2, 0) is 9.53 Å². The number of pyridine rings is 1. The Bertz CT molecular complexity index is 1680. The molecular formula is C33H32ClF3N6O4. The molecule has 3 aromatic rings. The highest BCUT2D eigenvalue weighted by molar-refractivity contribution is 6.31. The van der Waals surface area contributed by atoms with Crippen molar-refractivity contribution >= 4 is 41.1 Å². The van der Waals surface area contributed by atoms with Gasteiger partial charge in [0.05, 0.1) is 42.8 Å². The Kier molecular flexibility index (Phi) is 10.2. The molecule has 0 radical (unpaired) electrons. The second-order valence-corrected chi connectivity index (χ2v) is 11.9. The van der Waals surface area contributed by atoms with Crippen LogP contribution in [0, 0.1) is 17.1 Å². The quantitative estimate of drug-likeness (QED) is 0.224. The fourth-order valence-corrected chi connectivity index (χ4v) is 6.02. The van der Waals surface area contributed by atoms with E-state index in [9.17, 15) is 32.8 Å². The zero-order valence-electron chi connectivity index (χ0n) is 25.3. The number of amides is 4. The number of hydrogen-bond donors (Lipinski definition) is 2. The Labute approximate surface area is 274 Å². The van der Waals surface area contributed by atoms with Crippen molar-refractivity contribution in [2.24, 2.45) is 0 Å². The number of nitriles is 1. The summed E-state index contributed by atoms with van der Waals surface area (Å²) in [5, 5.41) is 15.6. The molecule has 0 bridgehead atoms. The number of anilines is 2. The molecule has 1 saturated carbocycles. The minimum absolute atomic E-state index is 0.00547. The lowest BCUT2D eigenvalue weighted by atomic mass is 9.83. The third kappa shape index (κ3) is 7.60. The lowest BCUT2D eigenvalue weighted by molar-refractivity contribution is -0.130. The average molecular weight is 669 g/mol. The standard InChI is InChI=1S/C33H32ClF3N6O4/c1-2-3-13-47-32(46)42-19-26(43(31(42)45)27-14-20(18-38)11-12-39-27)29(40-22-8-6-7-21(35)15-22)28(24-9-4-5-10-25(24)34)30(44)41-23-16-33(36,37)17-23/h4-12,14-15,23,26,28-29,40H,2-3,13,16-17,19H2,1H3,(H,41,44)/t26?,28-,29?/m0/s1. The van der Waals surface area contributed by atoms with Gasteiger partial charge in [-0.3, -0.25) is 9.69 Å². The number of nitrogens with zero attached hydrogens (tertiary/aromatic N) is 4. The normalized spacial score (nSPS) is 18.6. The molecular weight excluding hydrogens is 637 g/mol. The largest absolute Gasteiger partial charge is 0.449 e. The number of ether oxygens (including phenoxy) is 1. The molecule has 2 aliphatic rings. The molecule has 4 amide bonds. The first-order chi connectivity index (χ1) is 22.5. The van der Waals surface area contributed by atoms with Gasteiger partial charge in [0.1, 0.15) is 11.6 Å². The van der Waals surface area contributed by atoms with Crippen LogP contribution in [0.1, 0.15) is 49.7 Å². The number of hydrogen-bond acceptors (Lipinski definition) is 7. The molecule has 2 heterocycles. The number of rotatable bonds is 11. The zero-order chi connectivity index (χ0) is 33.7. The number of halogens is 4. The van der Waals surface area contributed by atoms with E-state index < -0.39 is 66.7 Å². The van der Waals surface area contributed by atoms with E-state index in [2.05, 4.69) is 15.6 Å². The van der Waals surface area contributed by atoms with Gasteiger partial charge in [-0.15, -0.1) is 0 Å². The number of aromatic nitrogens is 1. The summed E-state index contributed by atoms with van der Waals surface area (Å²) in [4.78, 5) is 47.8. The molecule has 1 aromatic heterocycles. The molecule has 246 valence electrons. The van der Waals surface area contributed by atoms with Crippen LogP contribution in [0.5, 0.6) is 0 Å². The van der Waals surface area contributed by atoms with E-state index in [1.807, 2.05) is 13.0 Å². The Morgan fingerprint density at radius 2 is 1.94 bits per heavy atom. The Morgan fingerprint density at radius 3 is 2.62 bits per heavy atom. The van der Waals surface area contributed by atoms with Crippen molar-refractivity contribution in [1.82, 2.24) is 15.2 Å². The zero-order valence-corrected chi connectivity index (χ0v) is 26.1. The van der Waals surface area contributed by atoms with Gasteiger partial charge >= 0.3 is 12.1 Å². The van der Waals surface area contributed by atoms with Gasteiger partial charge in [0, 0.05) is 35.8 Å². The minimum atomic E-state index is -2.91. The third-order valence-electron chi connectivity index (χ3n) is 8.09. The molecule has 3 atom stereocenters. The SMILES string of the molecule is CCCCOC(=O)N1CC(C(Nc2cccc(F)c2)[C@@H](C(=O)NC2CC(F)(F)C2)c2ccccc2Cl)N(c2cc(C#N)ccn2)C1=O. The van der Waals surface area contributed by atoms with Crippen LogP contribution in [0.4, 0.5) is 34.3 Å². The fourth-order valence-electron chi connectivity index (χ4n) is 5.77. The number of carbonyl (C=O) groups excluding carboxylic acids is 3. The molecule has 14 heteroatoms. The van der Waals surface area contributed by atoms with Gasteiger partial charge < -0.3 is 15.4 Å². The second kappa shape index (κ2) is 14.3. The number of unbranched alkanes of at least 4 members (excludes halogenated alkanes) is 1. The van der Waals surface area contributed by atoms with E-state index in [0.29, 0.717) is 12.0 Å². The monoisotopic (exact) mass is 668 g/mol. The van der Waals surface area contributed by atoms with Gasteiger partial charge in [-0.1, -0.05) is 49.2 Å². The molecule has 2 unspecified atom stereocenters. The summed E-state index contributed by atoms with van der Waals surface area (Å²) < 4.78 is 47.4. The van der Waals surface area contributed by atoms with Crippen molar-refractivity contribution in [3.8, 4) is 6.07 Å². The highest BCUT2D eigenvalue weighted by atomic mass is 35.5. The maximum absolute atomic E-state index is 14.5. The van der Waals surface area contributed by atoms with Crippen LogP contribution < -0.4 is 15.5 Å². The van der Waals surface area contributed by atoms with Gasteiger partial charge in [-0.25, -0.2) is 32.6 Å². The summed E-state index contributed by atoms with van der Waals surface area (Å²) in [6.45, 7) is 1.66. The second-order valence-electron chi connectivity index (χ2n) is 11.5. The minimum Gasteiger partial charge on any atom is -0.449 e. The average Bonchev–Trinajstić information content (AvgIpc) is 3.37. The molecule has 2 aromatic carbocycles. The molecule has 10 nitrogen and oxygen atoms in total. The van der Waals surface area contributed by atoms with Crippen LogP contribution in [0.15, 0.2) is 66.9 Å². The number of alkyl halides is 2. The van der Waals surface area contributed by atoms with Gasteiger partial charge in [-0.2, -0.15) is 5.26 Å². The van der Waals surface area contributed by atoms with Crippen LogP contribution in [-0.4, -0.2) is 65.1 Å². The molecule has 2 fully saturated rings. The van der Waals surface area contributed by atoms with E-state index in [4.69, 9.17) is 16.3 Å². The van der Waals surface area contributed by atoms with Gasteiger partial charge in [0.25, 0.3) is 5.92 Å². The van der Waals surface area contributed by atoms with Gasteiger partial charge in [0.2, 0.25) is 5.91 Å². The smallest absolute Gasteiger partial charge is 0.418 e. The molecule has 1 saturated heterocycles. The summed E-state index contributed by atoms with van der Waals surface area (Å²) in [6, 6.07) is 12.7. The first-order valence-electron chi connectivity index (χ1n) is 15.1. The number of imide groups is 1. The van der Waals surface area contributed by atoms with Crippen molar-refractivity contribution in [2.75, 3.05) is 23.4 Å². The lowest BCUT2D eigenvalue weighted by Gasteiger charge is -2.39. The van der Waals surface area contributed by atoms with Crippen LogP contribution >= 0.6 is 11.6 Å². The van der Waals surface area contributed by atoms with Gasteiger partial charge in [-0.05, 0) is 48.4 Å². The van der Waals surface area contributed by atoms with Crippen molar-refractivity contribution in [1.29, 1.82) is 5.26 Å². The highest BCUT2D eigenvalue weighted by Crippen LogP contribution is 2.40. The molecule has 1 aliphatic heterocycles. The van der Waals surface area contributed by atoms with Crippen LogP contribution in [0.25, 0.3) is 0 Å².